The Kier molecular flexibility index (Phi) is 5.35. The van der Waals surface area contributed by atoms with E-state index in [4.69, 9.17) is 24.1 Å². The number of aliphatic hydroxyl groups excluding tert-OH is 1. The van der Waals surface area contributed by atoms with Gasteiger partial charge in [0.25, 0.3) is 0 Å². The fourth-order valence-electron chi connectivity index (χ4n) is 0.597. The summed E-state index contributed by atoms with van der Waals surface area (Å²) in [6, 6.07) is 0. The van der Waals surface area contributed by atoms with Crippen LogP contribution in [0, 0.1) is 0 Å². The summed E-state index contributed by atoms with van der Waals surface area (Å²) in [4.78, 5) is 0. The molecule has 1 N–H and O–H groups in total. The molecule has 0 rings (SSSR count). The standard InChI is InChI=1S/C6H14O5/c1-8-6(9-2,10-3)11-5-4-7/h7H,4-5H2,1-3H3. The van der Waals surface area contributed by atoms with E-state index < -0.39 is 6.16 Å². The van der Waals surface area contributed by atoms with Crippen LogP contribution in [0.25, 0.3) is 0 Å². The van der Waals surface area contributed by atoms with E-state index in [1.165, 1.54) is 21.3 Å². The van der Waals surface area contributed by atoms with Crippen LogP contribution < -0.4 is 0 Å². The number of rotatable bonds is 6. The molecule has 0 saturated carbocycles. The molecule has 0 fully saturated rings. The van der Waals surface area contributed by atoms with E-state index in [-0.39, 0.29) is 13.2 Å². The molecule has 0 heterocycles. The van der Waals surface area contributed by atoms with Crippen molar-refractivity contribution in [2.24, 2.45) is 0 Å². The van der Waals surface area contributed by atoms with Crippen molar-refractivity contribution in [2.45, 2.75) is 6.16 Å². The molecule has 5 heteroatoms. The van der Waals surface area contributed by atoms with E-state index >= 15 is 0 Å². The van der Waals surface area contributed by atoms with Gasteiger partial charge in [0.2, 0.25) is 0 Å². The molecule has 0 aromatic heterocycles. The number of aliphatic hydroxyl groups is 1. The van der Waals surface area contributed by atoms with Crippen LogP contribution >= 0.6 is 0 Å². The third-order valence-electron chi connectivity index (χ3n) is 1.12. The normalized spacial score (nSPS) is 12.0. The molecular formula is C6H14O5. The highest BCUT2D eigenvalue weighted by molar-refractivity contribution is 4.36. The van der Waals surface area contributed by atoms with Crippen LogP contribution in [0.2, 0.25) is 0 Å². The predicted octanol–water partition coefficient (Wildman–Crippen LogP) is -0.454. The molecule has 0 spiro atoms. The summed E-state index contributed by atoms with van der Waals surface area (Å²) in [5.41, 5.74) is 0. The molecule has 0 saturated heterocycles. The van der Waals surface area contributed by atoms with E-state index in [9.17, 15) is 0 Å². The van der Waals surface area contributed by atoms with Gasteiger partial charge in [0.1, 0.15) is 0 Å². The Morgan fingerprint density at radius 2 is 1.55 bits per heavy atom. The number of hydrogen-bond acceptors (Lipinski definition) is 5. The van der Waals surface area contributed by atoms with Gasteiger partial charge < -0.3 is 24.1 Å². The van der Waals surface area contributed by atoms with Crippen molar-refractivity contribution in [3.8, 4) is 0 Å². The maximum atomic E-state index is 8.42. The third kappa shape index (κ3) is 3.13. The van der Waals surface area contributed by atoms with Crippen LogP contribution in [0.1, 0.15) is 0 Å². The Morgan fingerprint density at radius 3 is 1.82 bits per heavy atom. The second-order valence-electron chi connectivity index (χ2n) is 1.68. The molecule has 0 aromatic carbocycles. The number of ether oxygens (including phenoxy) is 4. The number of hydrogen-bond donors (Lipinski definition) is 1. The van der Waals surface area contributed by atoms with E-state index in [0.717, 1.165) is 0 Å². The Bertz CT molecular complexity index is 82.7. The van der Waals surface area contributed by atoms with Gasteiger partial charge in [0, 0.05) is 21.3 Å². The first-order chi connectivity index (χ1) is 5.24. The predicted molar refractivity (Wildman–Crippen MR) is 36.8 cm³/mol. The average molecular weight is 166 g/mol. The lowest BCUT2D eigenvalue weighted by Gasteiger charge is -2.26. The van der Waals surface area contributed by atoms with Gasteiger partial charge >= 0.3 is 6.16 Å². The maximum absolute atomic E-state index is 8.42. The van der Waals surface area contributed by atoms with Crippen molar-refractivity contribution in [3.05, 3.63) is 0 Å². The molecule has 0 unspecified atom stereocenters. The lowest BCUT2D eigenvalue weighted by molar-refractivity contribution is -0.479. The Balaban J connectivity index is 3.84. The van der Waals surface area contributed by atoms with Gasteiger partial charge in [-0.1, -0.05) is 0 Å². The van der Waals surface area contributed by atoms with Crippen LogP contribution in [-0.4, -0.2) is 45.8 Å². The number of methoxy groups -OCH3 is 3. The second-order valence-corrected chi connectivity index (χ2v) is 1.68. The molecule has 68 valence electrons. The summed E-state index contributed by atoms with van der Waals surface area (Å²) in [6.45, 7) is -0.0205. The zero-order valence-electron chi connectivity index (χ0n) is 6.99. The van der Waals surface area contributed by atoms with E-state index in [2.05, 4.69) is 0 Å². The first-order valence-corrected chi connectivity index (χ1v) is 3.15. The Hall–Kier alpha value is -0.200. The highest BCUT2D eigenvalue weighted by Crippen LogP contribution is 2.12. The Morgan fingerprint density at radius 1 is 1.09 bits per heavy atom. The summed E-state index contributed by atoms with van der Waals surface area (Å²) in [7, 11) is 4.14. The van der Waals surface area contributed by atoms with Gasteiger partial charge in [-0.3, -0.25) is 0 Å². The lowest BCUT2D eigenvalue weighted by Crippen LogP contribution is -2.39. The quantitative estimate of drug-likeness (QED) is 0.541. The summed E-state index contributed by atoms with van der Waals surface area (Å²) in [6.07, 6.45) is -1.48. The van der Waals surface area contributed by atoms with Crippen molar-refractivity contribution in [2.75, 3.05) is 34.5 Å². The van der Waals surface area contributed by atoms with Crippen LogP contribution in [0.4, 0.5) is 0 Å². The summed E-state index contributed by atoms with van der Waals surface area (Å²) >= 11 is 0. The molecule has 0 aliphatic heterocycles. The van der Waals surface area contributed by atoms with Gasteiger partial charge in [-0.15, -0.1) is 0 Å². The second kappa shape index (κ2) is 5.45. The third-order valence-corrected chi connectivity index (χ3v) is 1.12. The summed E-state index contributed by atoms with van der Waals surface area (Å²) in [5.74, 6) is 0. The molecule has 0 aromatic rings. The van der Waals surface area contributed by atoms with E-state index in [1.807, 2.05) is 0 Å². The molecule has 0 aliphatic rings. The van der Waals surface area contributed by atoms with Gasteiger partial charge in [-0.2, -0.15) is 0 Å². The van der Waals surface area contributed by atoms with Crippen LogP contribution in [0.5, 0.6) is 0 Å². The van der Waals surface area contributed by atoms with Crippen LogP contribution in [0.15, 0.2) is 0 Å². The highest BCUT2D eigenvalue weighted by Gasteiger charge is 2.30. The Labute approximate surface area is 65.8 Å². The molecule has 0 radical (unpaired) electrons. The van der Waals surface area contributed by atoms with E-state index in [0.29, 0.717) is 0 Å². The van der Waals surface area contributed by atoms with Gasteiger partial charge in [0.15, 0.2) is 0 Å². The topological polar surface area (TPSA) is 57.2 Å². The SMILES string of the molecule is COC(OC)(OC)OCCO. The van der Waals surface area contributed by atoms with Crippen LogP contribution in [-0.2, 0) is 18.9 Å². The zero-order valence-corrected chi connectivity index (χ0v) is 6.99. The monoisotopic (exact) mass is 166 g/mol. The fraction of sp³-hybridized carbons (Fsp3) is 1.00. The highest BCUT2D eigenvalue weighted by atomic mass is 17.0. The van der Waals surface area contributed by atoms with Crippen molar-refractivity contribution < 1.29 is 24.1 Å². The first kappa shape index (κ1) is 10.8. The molecule has 0 bridgehead atoms. The van der Waals surface area contributed by atoms with E-state index in [1.54, 1.807) is 0 Å². The smallest absolute Gasteiger partial charge is 0.394 e. The molecule has 11 heavy (non-hydrogen) atoms. The summed E-state index contributed by atoms with van der Waals surface area (Å²) < 4.78 is 19.2. The van der Waals surface area contributed by atoms with Crippen molar-refractivity contribution in [3.63, 3.8) is 0 Å². The molecule has 0 aliphatic carbocycles. The van der Waals surface area contributed by atoms with Crippen molar-refractivity contribution in [1.29, 1.82) is 0 Å². The maximum Gasteiger partial charge on any atom is 0.411 e. The van der Waals surface area contributed by atoms with Crippen molar-refractivity contribution in [1.82, 2.24) is 0 Å². The minimum absolute atomic E-state index is 0.0928. The molecule has 0 amide bonds. The summed E-state index contributed by atoms with van der Waals surface area (Å²) in [5, 5.41) is 8.42. The average Bonchev–Trinajstić information content (AvgIpc) is 2.08. The fourth-order valence-corrected chi connectivity index (χ4v) is 0.597. The largest absolute Gasteiger partial charge is 0.411 e. The van der Waals surface area contributed by atoms with Crippen LogP contribution in [0.3, 0.4) is 0 Å². The van der Waals surface area contributed by atoms with Gasteiger partial charge in [0.05, 0.1) is 13.2 Å². The first-order valence-electron chi connectivity index (χ1n) is 3.15. The molecule has 0 atom stereocenters. The molecule has 5 nitrogen and oxygen atoms in total. The zero-order chi connectivity index (χ0) is 8.74. The van der Waals surface area contributed by atoms with Gasteiger partial charge in [-0.25, -0.2) is 0 Å². The minimum Gasteiger partial charge on any atom is -0.394 e. The lowest BCUT2D eigenvalue weighted by atomic mass is 10.8. The van der Waals surface area contributed by atoms with Crippen molar-refractivity contribution >= 4 is 0 Å². The minimum atomic E-state index is -1.48. The molecular weight excluding hydrogens is 152 g/mol. The van der Waals surface area contributed by atoms with Gasteiger partial charge in [-0.05, 0) is 0 Å².